The Morgan fingerprint density at radius 2 is 1.43 bits per heavy atom. The summed E-state index contributed by atoms with van der Waals surface area (Å²) in [5, 5.41) is 0. The molecule has 0 spiro atoms. The first-order chi connectivity index (χ1) is 28.2. The maximum Gasteiger partial charge on any atom is 0.294 e. The number of nitrogens with zero attached hydrogens (tertiary/aromatic N) is 4. The Hall–Kier alpha value is -4.83. The van der Waals surface area contributed by atoms with Gasteiger partial charge in [-0.15, -0.1) is 0 Å². The molecule has 0 saturated carbocycles. The summed E-state index contributed by atoms with van der Waals surface area (Å²) in [5.41, 5.74) is 13.7. The molecule has 2 aromatic heterocycles. The van der Waals surface area contributed by atoms with Gasteiger partial charge in [0.15, 0.2) is 0 Å². The quantitative estimate of drug-likeness (QED) is 0.145. The number of rotatable bonds is 8. The summed E-state index contributed by atoms with van der Waals surface area (Å²) in [6, 6.07) is 37.2. The highest BCUT2D eigenvalue weighted by atomic mass is 15.2. The third kappa shape index (κ3) is 6.20. The van der Waals surface area contributed by atoms with E-state index in [1.807, 2.05) is 12.4 Å². The zero-order chi connectivity index (χ0) is 40.2. The summed E-state index contributed by atoms with van der Waals surface area (Å²) in [6.07, 6.45) is 17.5. The number of benzene rings is 4. The van der Waals surface area contributed by atoms with Crippen LogP contribution in [-0.4, -0.2) is 14.5 Å². The summed E-state index contributed by atoms with van der Waals surface area (Å²) in [6.45, 7) is 17.0. The zero-order valence-corrected chi connectivity index (χ0v) is 36.0. The van der Waals surface area contributed by atoms with Crippen LogP contribution in [0.2, 0.25) is 0 Å². The lowest BCUT2D eigenvalue weighted by Gasteiger charge is -2.52. The summed E-state index contributed by atoms with van der Waals surface area (Å²) in [7, 11) is 0. The predicted molar refractivity (Wildman–Crippen MR) is 238 cm³/mol. The fraction of sp³-hybridized carbons (Fsp3) is 0.426. The maximum absolute atomic E-state index is 5.14. The first-order valence-electron chi connectivity index (χ1n) is 22.5. The smallest absolute Gasteiger partial charge is 0.258 e. The summed E-state index contributed by atoms with van der Waals surface area (Å²) < 4.78 is 5.41. The molecule has 1 aliphatic heterocycles. The number of hydrogen-bond donors (Lipinski definition) is 0. The number of imidazole rings is 1. The molecule has 0 N–H and O–H groups in total. The van der Waals surface area contributed by atoms with Gasteiger partial charge in [0.1, 0.15) is 23.6 Å². The van der Waals surface area contributed by atoms with E-state index in [0.29, 0.717) is 29.6 Å². The molecule has 0 bridgehead atoms. The Labute approximate surface area is 347 Å². The van der Waals surface area contributed by atoms with E-state index in [0.717, 1.165) is 51.4 Å². The van der Waals surface area contributed by atoms with E-state index in [4.69, 9.17) is 9.97 Å². The highest BCUT2D eigenvalue weighted by Crippen LogP contribution is 2.56. The van der Waals surface area contributed by atoms with Crippen molar-refractivity contribution >= 4 is 0 Å². The molecule has 3 heterocycles. The molecule has 298 valence electrons. The lowest BCUT2D eigenvalue weighted by Crippen LogP contribution is -2.69. The van der Waals surface area contributed by atoms with E-state index in [9.17, 15) is 0 Å². The predicted octanol–water partition coefficient (Wildman–Crippen LogP) is 12.5. The van der Waals surface area contributed by atoms with Gasteiger partial charge in [-0.25, -0.2) is 4.57 Å². The largest absolute Gasteiger partial charge is 0.294 e. The minimum atomic E-state index is -0.154. The fourth-order valence-corrected chi connectivity index (χ4v) is 12.3. The third-order valence-corrected chi connectivity index (χ3v) is 15.4. The molecule has 0 saturated heterocycles. The van der Waals surface area contributed by atoms with Crippen molar-refractivity contribution in [2.24, 2.45) is 17.8 Å². The second-order valence-corrected chi connectivity index (χ2v) is 18.8. The highest BCUT2D eigenvalue weighted by molar-refractivity contribution is 5.67. The van der Waals surface area contributed by atoms with Gasteiger partial charge in [0, 0.05) is 34.9 Å². The Kier molecular flexibility index (Phi) is 10.3. The fourth-order valence-electron chi connectivity index (χ4n) is 12.3. The number of para-hydroxylation sites is 1. The molecule has 4 heteroatoms. The maximum atomic E-state index is 5.14. The molecule has 0 fully saturated rings. The van der Waals surface area contributed by atoms with Gasteiger partial charge in [-0.2, -0.15) is 4.57 Å². The number of aromatic nitrogens is 4. The van der Waals surface area contributed by atoms with Crippen molar-refractivity contribution in [1.82, 2.24) is 14.5 Å². The molecular formula is C54H63N4+. The van der Waals surface area contributed by atoms with E-state index in [-0.39, 0.29) is 16.9 Å². The SMILES string of the molecule is CCC1(C)c2ccccc2-c2n(-c3c(C(C)C)cccc3C(C)C)cc[n+]2C1(CC)CC1Cc2ccccc2CC2CCc3nccnc3C(c3ccccc3)CC21. The van der Waals surface area contributed by atoms with Crippen molar-refractivity contribution in [3.8, 4) is 17.1 Å². The summed E-state index contributed by atoms with van der Waals surface area (Å²) >= 11 is 0. The van der Waals surface area contributed by atoms with Crippen LogP contribution in [0.5, 0.6) is 0 Å². The molecule has 4 nitrogen and oxygen atoms in total. The van der Waals surface area contributed by atoms with Crippen LogP contribution in [0.25, 0.3) is 17.1 Å². The number of hydrogen-bond acceptors (Lipinski definition) is 2. The van der Waals surface area contributed by atoms with Crippen molar-refractivity contribution in [2.75, 3.05) is 0 Å². The van der Waals surface area contributed by atoms with Crippen LogP contribution in [0, 0.1) is 17.8 Å². The molecule has 6 aromatic rings. The van der Waals surface area contributed by atoms with Crippen molar-refractivity contribution in [1.29, 1.82) is 0 Å². The Balaban J connectivity index is 1.26. The van der Waals surface area contributed by atoms with E-state index < -0.39 is 0 Å². The lowest BCUT2D eigenvalue weighted by molar-refractivity contribution is -0.770. The van der Waals surface area contributed by atoms with Crippen molar-refractivity contribution in [3.63, 3.8) is 0 Å². The first-order valence-corrected chi connectivity index (χ1v) is 22.5. The molecule has 4 aromatic carbocycles. The zero-order valence-electron chi connectivity index (χ0n) is 36.0. The van der Waals surface area contributed by atoms with Crippen LogP contribution in [-0.2, 0) is 30.2 Å². The van der Waals surface area contributed by atoms with E-state index >= 15 is 0 Å². The normalized spacial score (nSPS) is 25.1. The molecule has 2 aliphatic carbocycles. The second-order valence-electron chi connectivity index (χ2n) is 18.8. The van der Waals surface area contributed by atoms with E-state index in [1.54, 1.807) is 11.1 Å². The van der Waals surface area contributed by atoms with Crippen molar-refractivity contribution < 1.29 is 4.57 Å². The van der Waals surface area contributed by atoms with Crippen LogP contribution in [0.4, 0.5) is 0 Å². The molecule has 3 aliphatic rings. The summed E-state index contributed by atoms with van der Waals surface area (Å²) in [5.74, 6) is 3.93. The minimum Gasteiger partial charge on any atom is -0.258 e. The van der Waals surface area contributed by atoms with Gasteiger partial charge in [0.2, 0.25) is 0 Å². The van der Waals surface area contributed by atoms with Crippen LogP contribution in [0.3, 0.4) is 0 Å². The van der Waals surface area contributed by atoms with Gasteiger partial charge in [-0.1, -0.05) is 139 Å². The van der Waals surface area contributed by atoms with Crippen molar-refractivity contribution in [3.05, 3.63) is 167 Å². The molecule has 6 atom stereocenters. The van der Waals surface area contributed by atoms with Crippen molar-refractivity contribution in [2.45, 2.75) is 129 Å². The lowest BCUT2D eigenvalue weighted by atomic mass is 9.56. The molecule has 58 heavy (non-hydrogen) atoms. The first kappa shape index (κ1) is 38.7. The van der Waals surface area contributed by atoms with Gasteiger partial charge in [-0.3, -0.25) is 9.97 Å². The third-order valence-electron chi connectivity index (χ3n) is 15.4. The average Bonchev–Trinajstić information content (AvgIpc) is 3.63. The average molecular weight is 768 g/mol. The molecule has 0 amide bonds. The van der Waals surface area contributed by atoms with Crippen LogP contribution >= 0.6 is 0 Å². The van der Waals surface area contributed by atoms with E-state index in [2.05, 4.69) is 167 Å². The number of fused-ring (bicyclic) bond motifs is 6. The monoisotopic (exact) mass is 768 g/mol. The Morgan fingerprint density at radius 3 is 2.14 bits per heavy atom. The molecule has 6 unspecified atom stereocenters. The molecular weight excluding hydrogens is 705 g/mol. The van der Waals surface area contributed by atoms with Gasteiger partial charge in [-0.05, 0) is 109 Å². The topological polar surface area (TPSA) is 34.6 Å². The van der Waals surface area contributed by atoms with Crippen LogP contribution < -0.4 is 4.57 Å². The van der Waals surface area contributed by atoms with Crippen LogP contribution in [0.15, 0.2) is 122 Å². The Bertz CT molecular complexity index is 2380. The molecule has 0 radical (unpaired) electrons. The van der Waals surface area contributed by atoms with Gasteiger partial charge < -0.3 is 0 Å². The van der Waals surface area contributed by atoms with Crippen LogP contribution in [0.1, 0.15) is 143 Å². The van der Waals surface area contributed by atoms with Gasteiger partial charge in [0.05, 0.1) is 17.0 Å². The summed E-state index contributed by atoms with van der Waals surface area (Å²) in [4.78, 5) is 10.2. The van der Waals surface area contributed by atoms with Gasteiger partial charge in [0.25, 0.3) is 5.82 Å². The highest BCUT2D eigenvalue weighted by Gasteiger charge is 2.59. The standard InChI is InChI=1S/C54H63N4/c1-8-53(7)48-25-16-15-22-45(48)52-57(51-43(36(3)4)23-17-24-44(51)37(5)6)30-31-58(52)54(53,9-2)35-42-33-40-21-14-13-20-39(40)32-41-26-27-49-50(56-29-28-55-49)47(34-46(41)42)38-18-11-10-12-19-38/h10-25,28-31,36-37,41-42,46-47H,8-9,26-27,32-35H2,1-7H3/q+1. The minimum absolute atomic E-state index is 0.0829. The van der Waals surface area contributed by atoms with E-state index in [1.165, 1.54) is 50.7 Å². The van der Waals surface area contributed by atoms with Gasteiger partial charge >= 0.3 is 0 Å². The molecule has 9 rings (SSSR count). The Morgan fingerprint density at radius 1 is 0.759 bits per heavy atom. The second kappa shape index (κ2) is 15.4. The number of aryl methyl sites for hydroxylation is 1.